The molecule has 1 fully saturated rings. The van der Waals surface area contributed by atoms with Gasteiger partial charge in [0, 0.05) is 19.5 Å². The Hall–Kier alpha value is -2.91. The third kappa shape index (κ3) is 5.66. The number of alkyl carbamates (subject to hydrolysis) is 1. The van der Waals surface area contributed by atoms with Gasteiger partial charge in [0.15, 0.2) is 11.5 Å². The first-order valence-electron chi connectivity index (χ1n) is 10.5. The summed E-state index contributed by atoms with van der Waals surface area (Å²) in [7, 11) is 0. The van der Waals surface area contributed by atoms with Gasteiger partial charge in [-0.15, -0.1) is 0 Å². The molecule has 2 atom stereocenters. The fourth-order valence-corrected chi connectivity index (χ4v) is 3.86. The SMILES string of the molecule is O=C(N[C@H](CN1CCC(F)(F)C1)[C@H](O)c1ccc2c(c1)OCCO2)OCc1ccccc1. The molecule has 2 aromatic rings. The van der Waals surface area contributed by atoms with E-state index < -0.39 is 30.7 Å². The monoisotopic (exact) mass is 448 g/mol. The number of halogens is 2. The highest BCUT2D eigenvalue weighted by atomic mass is 19.3. The quantitative estimate of drug-likeness (QED) is 0.678. The molecule has 2 aliphatic heterocycles. The molecular formula is C23H26F2N2O5. The second kappa shape index (κ2) is 9.70. The second-order valence-electron chi connectivity index (χ2n) is 8.00. The summed E-state index contributed by atoms with van der Waals surface area (Å²) in [5, 5.41) is 13.7. The molecular weight excluding hydrogens is 422 g/mol. The number of aliphatic hydroxyl groups excluding tert-OH is 1. The smallest absolute Gasteiger partial charge is 0.407 e. The molecule has 0 saturated carbocycles. The Morgan fingerprint density at radius 2 is 1.91 bits per heavy atom. The number of hydrogen-bond donors (Lipinski definition) is 2. The summed E-state index contributed by atoms with van der Waals surface area (Å²) in [6, 6.07) is 13.3. The molecule has 2 aromatic carbocycles. The summed E-state index contributed by atoms with van der Waals surface area (Å²) in [6.45, 7) is 0.696. The molecule has 0 radical (unpaired) electrons. The van der Waals surface area contributed by atoms with Crippen molar-refractivity contribution in [2.24, 2.45) is 0 Å². The number of amides is 1. The number of nitrogens with one attached hydrogen (secondary N) is 1. The molecule has 9 heteroatoms. The summed E-state index contributed by atoms with van der Waals surface area (Å²) < 4.78 is 43.7. The van der Waals surface area contributed by atoms with Gasteiger partial charge in [0.25, 0.3) is 5.92 Å². The van der Waals surface area contributed by atoms with Crippen LogP contribution in [0.2, 0.25) is 0 Å². The van der Waals surface area contributed by atoms with Crippen molar-refractivity contribution in [1.82, 2.24) is 10.2 Å². The van der Waals surface area contributed by atoms with Gasteiger partial charge in [-0.05, 0) is 23.3 Å². The predicted octanol–water partition coefficient (Wildman–Crippen LogP) is 3.13. The molecule has 2 N–H and O–H groups in total. The van der Waals surface area contributed by atoms with Crippen LogP contribution in [0.4, 0.5) is 13.6 Å². The fourth-order valence-electron chi connectivity index (χ4n) is 3.86. The number of rotatable bonds is 7. The Balaban J connectivity index is 1.45. The highest BCUT2D eigenvalue weighted by molar-refractivity contribution is 5.67. The zero-order valence-electron chi connectivity index (χ0n) is 17.5. The minimum absolute atomic E-state index is 0.0473. The van der Waals surface area contributed by atoms with E-state index in [0.717, 1.165) is 5.56 Å². The number of fused-ring (bicyclic) bond motifs is 1. The van der Waals surface area contributed by atoms with Crippen molar-refractivity contribution in [3.05, 3.63) is 59.7 Å². The van der Waals surface area contributed by atoms with Crippen molar-refractivity contribution in [2.45, 2.75) is 31.1 Å². The van der Waals surface area contributed by atoms with Gasteiger partial charge >= 0.3 is 6.09 Å². The maximum absolute atomic E-state index is 13.7. The minimum Gasteiger partial charge on any atom is -0.486 e. The van der Waals surface area contributed by atoms with Crippen LogP contribution in [0.3, 0.4) is 0 Å². The predicted molar refractivity (Wildman–Crippen MR) is 112 cm³/mol. The molecule has 0 spiro atoms. The van der Waals surface area contributed by atoms with Crippen LogP contribution in [0.15, 0.2) is 48.5 Å². The van der Waals surface area contributed by atoms with Gasteiger partial charge in [0.1, 0.15) is 25.9 Å². The van der Waals surface area contributed by atoms with Gasteiger partial charge in [-0.25, -0.2) is 13.6 Å². The maximum atomic E-state index is 13.7. The van der Waals surface area contributed by atoms with E-state index in [1.165, 1.54) is 4.90 Å². The van der Waals surface area contributed by atoms with Crippen LogP contribution in [-0.4, -0.2) is 60.9 Å². The molecule has 0 unspecified atom stereocenters. The highest BCUT2D eigenvalue weighted by Crippen LogP contribution is 2.34. The third-order valence-electron chi connectivity index (χ3n) is 5.51. The standard InChI is InChI=1S/C23H26F2N2O5/c24-23(25)8-9-27(15-23)13-18(26-22(29)32-14-16-4-2-1-3-5-16)21(28)17-6-7-19-20(12-17)31-11-10-30-19/h1-7,12,18,21,28H,8-11,13-15H2,(H,26,29)/t18-,21-/m1/s1. The Labute approximate surface area is 184 Å². The van der Waals surface area contributed by atoms with Crippen molar-refractivity contribution in [3.8, 4) is 11.5 Å². The van der Waals surface area contributed by atoms with E-state index in [4.69, 9.17) is 14.2 Å². The van der Waals surface area contributed by atoms with Gasteiger partial charge < -0.3 is 24.6 Å². The molecule has 172 valence electrons. The molecule has 0 aliphatic carbocycles. The lowest BCUT2D eigenvalue weighted by Gasteiger charge is -2.29. The molecule has 1 saturated heterocycles. The van der Waals surface area contributed by atoms with Crippen molar-refractivity contribution < 1.29 is 32.9 Å². The number of benzene rings is 2. The van der Waals surface area contributed by atoms with Crippen LogP contribution in [0.5, 0.6) is 11.5 Å². The summed E-state index contributed by atoms with van der Waals surface area (Å²) in [4.78, 5) is 14.0. The molecule has 1 amide bonds. The van der Waals surface area contributed by atoms with Crippen LogP contribution >= 0.6 is 0 Å². The first kappa shape index (κ1) is 22.3. The lowest BCUT2D eigenvalue weighted by Crippen LogP contribution is -2.47. The van der Waals surface area contributed by atoms with Crippen LogP contribution in [0.25, 0.3) is 0 Å². The van der Waals surface area contributed by atoms with Crippen LogP contribution in [-0.2, 0) is 11.3 Å². The second-order valence-corrected chi connectivity index (χ2v) is 8.00. The average Bonchev–Trinajstić information content (AvgIpc) is 3.15. The average molecular weight is 448 g/mol. The van der Waals surface area contributed by atoms with E-state index in [0.29, 0.717) is 30.3 Å². The largest absolute Gasteiger partial charge is 0.486 e. The van der Waals surface area contributed by atoms with E-state index in [1.54, 1.807) is 18.2 Å². The number of likely N-dealkylation sites (tertiary alicyclic amines) is 1. The zero-order valence-corrected chi connectivity index (χ0v) is 17.5. The molecule has 0 bridgehead atoms. The number of ether oxygens (including phenoxy) is 3. The van der Waals surface area contributed by atoms with Crippen LogP contribution in [0, 0.1) is 0 Å². The van der Waals surface area contributed by atoms with Crippen molar-refractivity contribution in [3.63, 3.8) is 0 Å². The van der Waals surface area contributed by atoms with Crippen molar-refractivity contribution in [1.29, 1.82) is 0 Å². The first-order valence-corrected chi connectivity index (χ1v) is 10.5. The number of aliphatic hydroxyl groups is 1. The van der Waals surface area contributed by atoms with Gasteiger partial charge in [0.05, 0.1) is 12.6 Å². The summed E-state index contributed by atoms with van der Waals surface area (Å²) in [6.07, 6.45) is -2.15. The lowest BCUT2D eigenvalue weighted by atomic mass is 10.0. The lowest BCUT2D eigenvalue weighted by molar-refractivity contribution is 0.00873. The van der Waals surface area contributed by atoms with E-state index in [9.17, 15) is 18.7 Å². The van der Waals surface area contributed by atoms with E-state index in [1.807, 2.05) is 30.3 Å². The van der Waals surface area contributed by atoms with Crippen molar-refractivity contribution in [2.75, 3.05) is 32.8 Å². The minimum atomic E-state index is -2.78. The van der Waals surface area contributed by atoms with E-state index in [2.05, 4.69) is 5.32 Å². The van der Waals surface area contributed by atoms with Crippen LogP contribution in [0.1, 0.15) is 23.7 Å². The van der Waals surface area contributed by atoms with E-state index >= 15 is 0 Å². The first-order chi connectivity index (χ1) is 15.4. The number of alkyl halides is 2. The molecule has 2 heterocycles. The normalized spacial score (nSPS) is 19.2. The fraction of sp³-hybridized carbons (Fsp3) is 0.435. The number of nitrogens with zero attached hydrogens (tertiary/aromatic N) is 1. The van der Waals surface area contributed by atoms with Gasteiger partial charge in [-0.2, -0.15) is 0 Å². The van der Waals surface area contributed by atoms with Crippen LogP contribution < -0.4 is 14.8 Å². The molecule has 0 aromatic heterocycles. The number of carbonyl (C=O) groups is 1. The Bertz CT molecular complexity index is 928. The molecule has 32 heavy (non-hydrogen) atoms. The molecule has 4 rings (SSSR count). The zero-order chi connectivity index (χ0) is 22.6. The molecule has 7 nitrogen and oxygen atoms in total. The van der Waals surface area contributed by atoms with Gasteiger partial charge in [-0.1, -0.05) is 36.4 Å². The number of carbonyl (C=O) groups excluding carboxylic acids is 1. The summed E-state index contributed by atoms with van der Waals surface area (Å²) >= 11 is 0. The van der Waals surface area contributed by atoms with Crippen molar-refractivity contribution >= 4 is 6.09 Å². The molecule has 2 aliphatic rings. The van der Waals surface area contributed by atoms with Gasteiger partial charge in [-0.3, -0.25) is 4.90 Å². The highest BCUT2D eigenvalue weighted by Gasteiger charge is 2.40. The van der Waals surface area contributed by atoms with Gasteiger partial charge in [0.2, 0.25) is 0 Å². The Kier molecular flexibility index (Phi) is 6.76. The maximum Gasteiger partial charge on any atom is 0.407 e. The van der Waals surface area contributed by atoms with E-state index in [-0.39, 0.29) is 26.1 Å². The number of hydrogen-bond acceptors (Lipinski definition) is 6. The Morgan fingerprint density at radius 3 is 2.62 bits per heavy atom. The Morgan fingerprint density at radius 1 is 1.16 bits per heavy atom. The summed E-state index contributed by atoms with van der Waals surface area (Å²) in [5.41, 5.74) is 1.29. The third-order valence-corrected chi connectivity index (χ3v) is 5.51. The topological polar surface area (TPSA) is 80.3 Å². The summed E-state index contributed by atoms with van der Waals surface area (Å²) in [5.74, 6) is -1.72.